The molecule has 154 valence electrons. The first-order valence-electron chi connectivity index (χ1n) is 9.46. The summed E-state index contributed by atoms with van der Waals surface area (Å²) in [7, 11) is 0. The molecule has 2 N–H and O–H groups in total. The van der Waals surface area contributed by atoms with Crippen LogP contribution >= 0.6 is 0 Å². The van der Waals surface area contributed by atoms with E-state index in [0.29, 0.717) is 62.7 Å². The van der Waals surface area contributed by atoms with Gasteiger partial charge in [0.2, 0.25) is 0 Å². The van der Waals surface area contributed by atoms with Crippen molar-refractivity contribution in [2.45, 2.75) is 51.4 Å². The van der Waals surface area contributed by atoms with Gasteiger partial charge in [0.15, 0.2) is 0 Å². The predicted molar refractivity (Wildman–Crippen MR) is 98.1 cm³/mol. The van der Waals surface area contributed by atoms with Crippen LogP contribution in [0.15, 0.2) is 24.3 Å². The Balaban J connectivity index is 0. The van der Waals surface area contributed by atoms with Crippen LogP contribution in [0.3, 0.4) is 0 Å². The summed E-state index contributed by atoms with van der Waals surface area (Å²) < 4.78 is 0. The van der Waals surface area contributed by atoms with Crippen molar-refractivity contribution in [3.8, 4) is 0 Å². The van der Waals surface area contributed by atoms with E-state index in [9.17, 15) is 29.4 Å². The number of hydrogen-bond donors (Lipinski definition) is 2. The Hall–Kier alpha value is -0.900. The van der Waals surface area contributed by atoms with E-state index < -0.39 is 11.9 Å². The Kier molecular flexibility index (Phi) is 19.6. The summed E-state index contributed by atoms with van der Waals surface area (Å²) in [6.45, 7) is 0.901. The number of carboxylic acid groups (broad SMARTS) is 2. The van der Waals surface area contributed by atoms with Gasteiger partial charge in [-0.15, -0.1) is 0 Å². The first-order chi connectivity index (χ1) is 13.4. The average Bonchev–Trinajstić information content (AvgIpc) is 2.66. The second-order valence-electron chi connectivity index (χ2n) is 6.45. The molecule has 0 unspecified atom stereocenters. The van der Waals surface area contributed by atoms with E-state index in [4.69, 9.17) is 0 Å². The van der Waals surface area contributed by atoms with Crippen molar-refractivity contribution in [3.05, 3.63) is 35.4 Å². The Morgan fingerprint density at radius 2 is 0.933 bits per heavy atom. The number of rotatable bonds is 14. The summed E-state index contributed by atoms with van der Waals surface area (Å²) in [6.07, 6.45) is 3.86. The Morgan fingerprint density at radius 1 is 0.600 bits per heavy atom. The van der Waals surface area contributed by atoms with Crippen molar-refractivity contribution in [1.29, 1.82) is 0 Å². The number of carboxylic acids is 2. The molecule has 1 rings (SSSR count). The van der Waals surface area contributed by atoms with Crippen molar-refractivity contribution in [2.24, 2.45) is 0 Å². The summed E-state index contributed by atoms with van der Waals surface area (Å²) in [5.74, 6) is -2.63. The van der Waals surface area contributed by atoms with Gasteiger partial charge in [0.05, 0.1) is 0 Å². The zero-order chi connectivity index (χ0) is 20.8. The third kappa shape index (κ3) is 15.0. The van der Waals surface area contributed by atoms with E-state index in [2.05, 4.69) is 10.6 Å². The summed E-state index contributed by atoms with van der Waals surface area (Å²) in [5, 5.41) is 26.1. The quantitative estimate of drug-likeness (QED) is 0.220. The number of nitrogens with one attached hydrogen (secondary N) is 2. The third-order valence-electron chi connectivity index (χ3n) is 4.10. The van der Waals surface area contributed by atoms with Gasteiger partial charge in [-0.05, 0) is 62.8 Å². The van der Waals surface area contributed by atoms with Crippen molar-refractivity contribution in [3.63, 3.8) is 0 Å². The van der Waals surface area contributed by atoms with Gasteiger partial charge in [0, 0.05) is 36.2 Å². The molecule has 0 radical (unpaired) electrons. The van der Waals surface area contributed by atoms with Gasteiger partial charge in [0.25, 0.3) is 11.8 Å². The largest absolute Gasteiger partial charge is 1.00 e. The maximum atomic E-state index is 12.0. The SMILES string of the molecule is O=C([O-])CCCCCNC(=O)c1ccc(C(=O)NCCCCCC(=O)[O-])cc1.[Na+].[Na+]. The molecule has 0 aliphatic heterocycles. The van der Waals surface area contributed by atoms with E-state index in [1.54, 1.807) is 24.3 Å². The molecule has 8 nitrogen and oxygen atoms in total. The summed E-state index contributed by atoms with van der Waals surface area (Å²) in [6, 6.07) is 6.28. The molecule has 10 heteroatoms. The van der Waals surface area contributed by atoms with Gasteiger partial charge < -0.3 is 30.4 Å². The van der Waals surface area contributed by atoms with Crippen molar-refractivity contribution in [2.75, 3.05) is 13.1 Å². The third-order valence-corrected chi connectivity index (χ3v) is 4.10. The monoisotopic (exact) mass is 436 g/mol. The molecule has 0 aliphatic rings. The standard InChI is InChI=1S/C20H28N2O6.2Na/c23-17(24)7-3-1-5-13-21-19(27)15-9-11-16(12-10-15)20(28)22-14-6-2-4-8-18(25)26;;/h9-12H,1-8,13-14H2,(H,21,27)(H,22,28)(H,23,24)(H,25,26);;/q;2*+1/p-2. The van der Waals surface area contributed by atoms with Gasteiger partial charge in [-0.25, -0.2) is 0 Å². The molecule has 0 fully saturated rings. The average molecular weight is 436 g/mol. The molecule has 0 atom stereocenters. The first kappa shape index (κ1) is 31.3. The number of carbonyl (C=O) groups is 4. The fraction of sp³-hybridized carbons (Fsp3) is 0.500. The van der Waals surface area contributed by atoms with Gasteiger partial charge in [0.1, 0.15) is 0 Å². The van der Waals surface area contributed by atoms with Crippen molar-refractivity contribution < 1.29 is 88.5 Å². The second kappa shape index (κ2) is 18.8. The Labute approximate surface area is 221 Å². The van der Waals surface area contributed by atoms with Crippen LogP contribution in [0.1, 0.15) is 72.1 Å². The fourth-order valence-electron chi connectivity index (χ4n) is 2.52. The molecule has 0 heterocycles. The second-order valence-corrected chi connectivity index (χ2v) is 6.45. The van der Waals surface area contributed by atoms with E-state index in [0.717, 1.165) is 0 Å². The van der Waals surface area contributed by atoms with Crippen LogP contribution < -0.4 is 80.0 Å². The normalized spacial score (nSPS) is 9.60. The topological polar surface area (TPSA) is 138 Å². The van der Waals surface area contributed by atoms with Crippen LogP contribution in [-0.4, -0.2) is 36.8 Å². The molecule has 2 amide bonds. The molecule has 0 saturated heterocycles. The molecule has 0 saturated carbocycles. The van der Waals surface area contributed by atoms with Crippen LogP contribution in [0.25, 0.3) is 0 Å². The van der Waals surface area contributed by atoms with E-state index in [1.165, 1.54) is 0 Å². The Bertz CT molecular complexity index is 611. The molecule has 0 spiro atoms. The molecule has 0 aliphatic carbocycles. The minimum Gasteiger partial charge on any atom is -0.550 e. The van der Waals surface area contributed by atoms with E-state index in [-0.39, 0.29) is 83.8 Å². The first-order valence-corrected chi connectivity index (χ1v) is 9.46. The molecule has 0 bridgehead atoms. The summed E-state index contributed by atoms with van der Waals surface area (Å²) in [5.41, 5.74) is 0.877. The number of hydrogen-bond acceptors (Lipinski definition) is 6. The minimum absolute atomic E-state index is 0. The molecular formula is C20H26N2Na2O6. The summed E-state index contributed by atoms with van der Waals surface area (Å²) in [4.78, 5) is 44.6. The Morgan fingerprint density at radius 3 is 1.23 bits per heavy atom. The van der Waals surface area contributed by atoms with Gasteiger partial charge >= 0.3 is 59.1 Å². The van der Waals surface area contributed by atoms with Crippen LogP contribution in [0.4, 0.5) is 0 Å². The predicted octanol–water partition coefficient (Wildman–Crippen LogP) is -6.23. The summed E-state index contributed by atoms with van der Waals surface area (Å²) >= 11 is 0. The maximum absolute atomic E-state index is 12.0. The number of carbonyl (C=O) groups excluding carboxylic acids is 4. The molecule has 1 aromatic rings. The van der Waals surface area contributed by atoms with Gasteiger partial charge in [-0.1, -0.05) is 12.8 Å². The maximum Gasteiger partial charge on any atom is 1.00 e. The molecule has 1 aromatic carbocycles. The molecular weight excluding hydrogens is 410 g/mol. The number of unbranched alkanes of at least 4 members (excludes halogenated alkanes) is 4. The van der Waals surface area contributed by atoms with Gasteiger partial charge in [-0.2, -0.15) is 0 Å². The number of aliphatic carboxylic acids is 2. The molecule has 0 aromatic heterocycles. The number of benzene rings is 1. The van der Waals surface area contributed by atoms with Gasteiger partial charge in [-0.3, -0.25) is 9.59 Å². The van der Waals surface area contributed by atoms with E-state index >= 15 is 0 Å². The zero-order valence-corrected chi connectivity index (χ0v) is 21.8. The van der Waals surface area contributed by atoms with Crippen LogP contribution in [0.5, 0.6) is 0 Å². The fourth-order valence-corrected chi connectivity index (χ4v) is 2.52. The van der Waals surface area contributed by atoms with E-state index in [1.807, 2.05) is 0 Å². The molecule has 30 heavy (non-hydrogen) atoms. The van der Waals surface area contributed by atoms with Crippen LogP contribution in [0, 0.1) is 0 Å². The van der Waals surface area contributed by atoms with Crippen LogP contribution in [0.2, 0.25) is 0 Å². The van der Waals surface area contributed by atoms with Crippen molar-refractivity contribution >= 4 is 23.8 Å². The number of amides is 2. The van der Waals surface area contributed by atoms with Crippen LogP contribution in [-0.2, 0) is 9.59 Å². The van der Waals surface area contributed by atoms with Crippen molar-refractivity contribution in [1.82, 2.24) is 10.6 Å². The minimum atomic E-state index is -1.07. The smallest absolute Gasteiger partial charge is 0.550 e. The zero-order valence-electron chi connectivity index (χ0n) is 17.8.